The summed E-state index contributed by atoms with van der Waals surface area (Å²) in [6, 6.07) is 11.7. The van der Waals surface area contributed by atoms with Gasteiger partial charge in [0.25, 0.3) is 5.91 Å². The molecular formula is C16H20N2O2S. The molecule has 0 saturated heterocycles. The quantitative estimate of drug-likeness (QED) is 0.488. The molecule has 1 atom stereocenters. The summed E-state index contributed by atoms with van der Waals surface area (Å²) in [4.78, 5) is 13.0. The number of thiophene rings is 1. The summed E-state index contributed by atoms with van der Waals surface area (Å²) < 4.78 is 5.92. The molecule has 1 unspecified atom stereocenters. The maximum atomic E-state index is 11.4. The predicted molar refractivity (Wildman–Crippen MR) is 85.5 cm³/mol. The first-order chi connectivity index (χ1) is 10.2. The van der Waals surface area contributed by atoms with Crippen LogP contribution < -0.4 is 16.0 Å². The number of benzene rings is 1. The number of nitrogens with one attached hydrogen (secondary N) is 1. The number of para-hydroxylation sites is 1. The molecule has 0 aliphatic heterocycles. The molecule has 0 radical (unpaired) electrons. The van der Waals surface area contributed by atoms with E-state index in [1.807, 2.05) is 24.3 Å². The van der Waals surface area contributed by atoms with Crippen LogP contribution in [-0.4, -0.2) is 5.91 Å². The number of amides is 1. The minimum atomic E-state index is -0.272. The summed E-state index contributed by atoms with van der Waals surface area (Å²) in [6.07, 6.45) is 1.07. The van der Waals surface area contributed by atoms with Crippen molar-refractivity contribution in [3.63, 3.8) is 0 Å². The fourth-order valence-corrected chi connectivity index (χ4v) is 2.86. The highest BCUT2D eigenvalue weighted by Crippen LogP contribution is 2.29. The topological polar surface area (TPSA) is 64.3 Å². The summed E-state index contributed by atoms with van der Waals surface area (Å²) >= 11 is 1.39. The van der Waals surface area contributed by atoms with Crippen LogP contribution in [0, 0.1) is 0 Å². The highest BCUT2D eigenvalue weighted by Gasteiger charge is 2.11. The van der Waals surface area contributed by atoms with Gasteiger partial charge in [-0.05, 0) is 36.1 Å². The highest BCUT2D eigenvalue weighted by atomic mass is 32.1. The largest absolute Gasteiger partial charge is 0.488 e. The van der Waals surface area contributed by atoms with Crippen LogP contribution in [0.1, 0.15) is 46.3 Å². The van der Waals surface area contributed by atoms with Crippen LogP contribution in [0.25, 0.3) is 0 Å². The van der Waals surface area contributed by atoms with E-state index in [1.54, 1.807) is 6.07 Å². The number of ether oxygens (including phenoxy) is 1. The molecule has 0 saturated carbocycles. The molecule has 0 bridgehead atoms. The van der Waals surface area contributed by atoms with Crippen LogP contribution in [-0.2, 0) is 6.61 Å². The lowest BCUT2D eigenvalue weighted by molar-refractivity contribution is 0.0957. The number of nitrogens with two attached hydrogens (primary N) is 1. The van der Waals surface area contributed by atoms with E-state index >= 15 is 0 Å². The average molecular weight is 304 g/mol. The van der Waals surface area contributed by atoms with Crippen LogP contribution in [0.3, 0.4) is 0 Å². The van der Waals surface area contributed by atoms with E-state index in [-0.39, 0.29) is 5.91 Å². The van der Waals surface area contributed by atoms with E-state index in [2.05, 4.69) is 25.3 Å². The Labute approximate surface area is 128 Å². The standard InChI is InChI=1S/C16H20N2O2S/c1-3-11(2)13-6-4-5-7-14(13)20-10-12-8-9-15(21-12)16(19)18-17/h4-9,11H,3,10,17H2,1-2H3,(H,18,19). The smallest absolute Gasteiger partial charge is 0.275 e. The third-order valence-corrected chi connectivity index (χ3v) is 4.51. The Bertz CT molecular complexity index is 610. The van der Waals surface area contributed by atoms with Crippen molar-refractivity contribution in [3.05, 3.63) is 51.7 Å². The molecule has 0 spiro atoms. The number of hydrogen-bond donors (Lipinski definition) is 2. The van der Waals surface area contributed by atoms with Crippen molar-refractivity contribution in [2.45, 2.75) is 32.8 Å². The fourth-order valence-electron chi connectivity index (χ4n) is 2.04. The first-order valence-electron chi connectivity index (χ1n) is 6.97. The second-order valence-electron chi connectivity index (χ2n) is 4.88. The van der Waals surface area contributed by atoms with E-state index in [9.17, 15) is 4.79 Å². The maximum absolute atomic E-state index is 11.4. The van der Waals surface area contributed by atoms with Crippen molar-refractivity contribution < 1.29 is 9.53 Å². The molecule has 5 heteroatoms. The fraction of sp³-hybridized carbons (Fsp3) is 0.312. The lowest BCUT2D eigenvalue weighted by Gasteiger charge is -2.15. The van der Waals surface area contributed by atoms with Gasteiger partial charge in [-0.25, -0.2) is 5.84 Å². The monoisotopic (exact) mass is 304 g/mol. The number of rotatable bonds is 6. The summed E-state index contributed by atoms with van der Waals surface area (Å²) in [7, 11) is 0. The van der Waals surface area contributed by atoms with Gasteiger partial charge in [-0.3, -0.25) is 10.2 Å². The molecule has 0 aliphatic rings. The second kappa shape index (κ2) is 7.24. The minimum absolute atomic E-state index is 0.272. The summed E-state index contributed by atoms with van der Waals surface area (Å²) in [6.45, 7) is 4.81. The Morgan fingerprint density at radius 2 is 2.10 bits per heavy atom. The lowest BCUT2D eigenvalue weighted by atomic mass is 9.98. The molecule has 2 aromatic rings. The van der Waals surface area contributed by atoms with E-state index in [4.69, 9.17) is 10.6 Å². The zero-order valence-electron chi connectivity index (χ0n) is 12.3. The molecular weight excluding hydrogens is 284 g/mol. The molecule has 112 valence electrons. The Hall–Kier alpha value is -1.85. The van der Waals surface area contributed by atoms with Crippen LogP contribution in [0.15, 0.2) is 36.4 Å². The Balaban J connectivity index is 2.06. The van der Waals surface area contributed by atoms with Crippen molar-refractivity contribution in [3.8, 4) is 5.75 Å². The van der Waals surface area contributed by atoms with Gasteiger partial charge in [0, 0.05) is 4.88 Å². The molecule has 3 N–H and O–H groups in total. The molecule has 21 heavy (non-hydrogen) atoms. The van der Waals surface area contributed by atoms with Gasteiger partial charge in [-0.2, -0.15) is 0 Å². The molecule has 1 heterocycles. The number of nitrogen functional groups attached to an aromatic ring is 1. The molecule has 1 aromatic carbocycles. The molecule has 1 amide bonds. The summed E-state index contributed by atoms with van der Waals surface area (Å²) in [5.74, 6) is 6.22. The second-order valence-corrected chi connectivity index (χ2v) is 6.04. The van der Waals surface area contributed by atoms with Gasteiger partial charge < -0.3 is 4.74 Å². The molecule has 0 aliphatic carbocycles. The lowest BCUT2D eigenvalue weighted by Crippen LogP contribution is -2.29. The number of hydrogen-bond acceptors (Lipinski definition) is 4. The molecule has 0 fully saturated rings. The number of carbonyl (C=O) groups excluding carboxylic acids is 1. The SMILES string of the molecule is CCC(C)c1ccccc1OCc1ccc(C(=O)NN)s1. The van der Waals surface area contributed by atoms with Crippen LogP contribution >= 0.6 is 11.3 Å². The van der Waals surface area contributed by atoms with Gasteiger partial charge in [-0.15, -0.1) is 11.3 Å². The first kappa shape index (κ1) is 15.5. The van der Waals surface area contributed by atoms with Gasteiger partial charge in [0.15, 0.2) is 0 Å². The third-order valence-electron chi connectivity index (χ3n) is 3.45. The Morgan fingerprint density at radius 1 is 1.33 bits per heavy atom. The van der Waals surface area contributed by atoms with Gasteiger partial charge in [0.2, 0.25) is 0 Å². The third kappa shape index (κ3) is 3.83. The van der Waals surface area contributed by atoms with Gasteiger partial charge in [-0.1, -0.05) is 32.0 Å². The van der Waals surface area contributed by atoms with Crippen molar-refractivity contribution in [1.82, 2.24) is 5.43 Å². The van der Waals surface area contributed by atoms with Crippen molar-refractivity contribution in [2.24, 2.45) is 5.84 Å². The maximum Gasteiger partial charge on any atom is 0.275 e. The van der Waals surface area contributed by atoms with Crippen molar-refractivity contribution in [1.29, 1.82) is 0 Å². The Kier molecular flexibility index (Phi) is 5.36. The summed E-state index contributed by atoms with van der Waals surface area (Å²) in [5, 5.41) is 0. The normalized spacial score (nSPS) is 12.0. The van der Waals surface area contributed by atoms with E-state index < -0.39 is 0 Å². The first-order valence-corrected chi connectivity index (χ1v) is 7.78. The average Bonchev–Trinajstić information content (AvgIpc) is 3.00. The minimum Gasteiger partial charge on any atom is -0.488 e. The zero-order chi connectivity index (χ0) is 15.2. The van der Waals surface area contributed by atoms with E-state index in [0.717, 1.165) is 17.0 Å². The molecule has 2 rings (SSSR count). The van der Waals surface area contributed by atoms with Gasteiger partial charge in [0.1, 0.15) is 12.4 Å². The van der Waals surface area contributed by atoms with Crippen LogP contribution in [0.4, 0.5) is 0 Å². The molecule has 4 nitrogen and oxygen atoms in total. The van der Waals surface area contributed by atoms with Crippen LogP contribution in [0.5, 0.6) is 5.75 Å². The van der Waals surface area contributed by atoms with E-state index in [1.165, 1.54) is 16.9 Å². The van der Waals surface area contributed by atoms with Gasteiger partial charge in [0.05, 0.1) is 4.88 Å². The van der Waals surface area contributed by atoms with Crippen LogP contribution in [0.2, 0.25) is 0 Å². The zero-order valence-corrected chi connectivity index (χ0v) is 13.1. The molecule has 1 aromatic heterocycles. The van der Waals surface area contributed by atoms with Crippen molar-refractivity contribution >= 4 is 17.2 Å². The van der Waals surface area contributed by atoms with Gasteiger partial charge >= 0.3 is 0 Å². The van der Waals surface area contributed by atoms with Crippen molar-refractivity contribution in [2.75, 3.05) is 0 Å². The predicted octanol–water partition coefficient (Wildman–Crippen LogP) is 3.44. The van der Waals surface area contributed by atoms with E-state index in [0.29, 0.717) is 17.4 Å². The number of carbonyl (C=O) groups is 1. The summed E-state index contributed by atoms with van der Waals surface area (Å²) in [5.41, 5.74) is 3.35. The highest BCUT2D eigenvalue weighted by molar-refractivity contribution is 7.14. The number of hydrazine groups is 1. The Morgan fingerprint density at radius 3 is 2.81 bits per heavy atom.